The van der Waals surface area contributed by atoms with E-state index in [1.165, 1.54) is 0 Å². The van der Waals surface area contributed by atoms with Crippen LogP contribution in [-0.4, -0.2) is 38.4 Å². The maximum atomic E-state index is 12.2. The van der Waals surface area contributed by atoms with Crippen molar-refractivity contribution in [2.75, 3.05) is 6.54 Å². The SMILES string of the molecule is Cc1cc(C)c(C(=O)NC[C@H]2C[C@H](c3nncn3C)C[C@H]2O)o1. The van der Waals surface area contributed by atoms with Gasteiger partial charge in [0.25, 0.3) is 5.91 Å². The molecule has 0 unspecified atom stereocenters. The summed E-state index contributed by atoms with van der Waals surface area (Å²) in [6.45, 7) is 4.09. The standard InChI is InChI=1S/C16H22N4O3/c1-9-4-10(2)23-14(9)16(22)17-7-12-5-11(6-13(12)21)15-19-18-8-20(15)3/h4,8,11-13,21H,5-7H2,1-3H3,(H,17,22)/t11-,12+,13+/m0/s1. The van der Waals surface area contributed by atoms with Crippen molar-refractivity contribution in [3.05, 3.63) is 35.3 Å². The Morgan fingerprint density at radius 2 is 2.26 bits per heavy atom. The number of hydrogen-bond donors (Lipinski definition) is 2. The van der Waals surface area contributed by atoms with Crippen molar-refractivity contribution in [3.8, 4) is 0 Å². The van der Waals surface area contributed by atoms with Crippen LogP contribution in [0, 0.1) is 19.8 Å². The van der Waals surface area contributed by atoms with Crippen molar-refractivity contribution in [1.82, 2.24) is 20.1 Å². The van der Waals surface area contributed by atoms with Gasteiger partial charge in [-0.05, 0) is 32.8 Å². The highest BCUT2D eigenvalue weighted by Gasteiger charge is 2.36. The molecule has 1 fully saturated rings. The number of nitrogens with one attached hydrogen (secondary N) is 1. The molecule has 0 radical (unpaired) electrons. The molecular formula is C16H22N4O3. The Bertz CT molecular complexity index is 706. The molecule has 2 aromatic rings. The third-order valence-electron chi connectivity index (χ3n) is 4.54. The highest BCUT2D eigenvalue weighted by Crippen LogP contribution is 2.37. The van der Waals surface area contributed by atoms with E-state index in [1.54, 1.807) is 6.33 Å². The molecule has 0 aliphatic heterocycles. The number of nitrogens with zero attached hydrogens (tertiary/aromatic N) is 3. The van der Waals surface area contributed by atoms with Gasteiger partial charge in [0.05, 0.1) is 6.10 Å². The van der Waals surface area contributed by atoms with E-state index in [4.69, 9.17) is 4.42 Å². The Kier molecular flexibility index (Phi) is 4.21. The van der Waals surface area contributed by atoms with Crippen LogP contribution in [0.4, 0.5) is 0 Å². The van der Waals surface area contributed by atoms with Crippen molar-refractivity contribution < 1.29 is 14.3 Å². The van der Waals surface area contributed by atoms with E-state index in [0.717, 1.165) is 23.6 Å². The second kappa shape index (κ2) is 6.16. The number of aryl methyl sites for hydroxylation is 3. The number of rotatable bonds is 4. The average molecular weight is 318 g/mol. The van der Waals surface area contributed by atoms with Crippen LogP contribution in [0.25, 0.3) is 0 Å². The highest BCUT2D eigenvalue weighted by molar-refractivity contribution is 5.92. The number of aromatic nitrogens is 3. The summed E-state index contributed by atoms with van der Waals surface area (Å²) >= 11 is 0. The molecule has 2 aromatic heterocycles. The summed E-state index contributed by atoms with van der Waals surface area (Å²) in [6.07, 6.45) is 2.64. The maximum absolute atomic E-state index is 12.2. The van der Waals surface area contributed by atoms with E-state index >= 15 is 0 Å². The number of hydrogen-bond acceptors (Lipinski definition) is 5. The van der Waals surface area contributed by atoms with Gasteiger partial charge in [-0.2, -0.15) is 0 Å². The van der Waals surface area contributed by atoms with Crippen molar-refractivity contribution in [1.29, 1.82) is 0 Å². The minimum atomic E-state index is -0.448. The molecule has 124 valence electrons. The molecule has 23 heavy (non-hydrogen) atoms. The summed E-state index contributed by atoms with van der Waals surface area (Å²) < 4.78 is 7.30. The van der Waals surface area contributed by atoms with Gasteiger partial charge in [0.1, 0.15) is 17.9 Å². The van der Waals surface area contributed by atoms with Crippen LogP contribution in [0.2, 0.25) is 0 Å². The zero-order valence-corrected chi connectivity index (χ0v) is 13.6. The molecule has 3 atom stereocenters. The van der Waals surface area contributed by atoms with Crippen LogP contribution in [0.3, 0.4) is 0 Å². The zero-order chi connectivity index (χ0) is 16.6. The number of aliphatic hydroxyl groups excluding tert-OH is 1. The van der Waals surface area contributed by atoms with Crippen LogP contribution >= 0.6 is 0 Å². The van der Waals surface area contributed by atoms with Gasteiger partial charge in [-0.1, -0.05) is 0 Å². The van der Waals surface area contributed by atoms with Crippen molar-refractivity contribution >= 4 is 5.91 Å². The van der Waals surface area contributed by atoms with E-state index in [1.807, 2.05) is 31.5 Å². The molecule has 7 nitrogen and oxygen atoms in total. The van der Waals surface area contributed by atoms with Gasteiger partial charge in [-0.15, -0.1) is 10.2 Å². The summed E-state index contributed by atoms with van der Waals surface area (Å²) in [5.41, 5.74) is 0.823. The predicted molar refractivity (Wildman–Crippen MR) is 83.0 cm³/mol. The second-order valence-corrected chi connectivity index (χ2v) is 6.38. The van der Waals surface area contributed by atoms with E-state index in [-0.39, 0.29) is 17.7 Å². The summed E-state index contributed by atoms with van der Waals surface area (Å²) in [4.78, 5) is 12.2. The molecule has 0 saturated heterocycles. The summed E-state index contributed by atoms with van der Waals surface area (Å²) in [6, 6.07) is 1.84. The molecule has 0 spiro atoms. The van der Waals surface area contributed by atoms with E-state index in [0.29, 0.717) is 18.7 Å². The minimum Gasteiger partial charge on any atom is -0.456 e. The van der Waals surface area contributed by atoms with Gasteiger partial charge >= 0.3 is 0 Å². The Balaban J connectivity index is 1.59. The molecule has 1 aliphatic carbocycles. The Labute approximate surface area is 134 Å². The van der Waals surface area contributed by atoms with Gasteiger partial charge in [0.2, 0.25) is 0 Å². The number of carbonyl (C=O) groups is 1. The van der Waals surface area contributed by atoms with Crippen LogP contribution in [-0.2, 0) is 7.05 Å². The summed E-state index contributed by atoms with van der Waals surface area (Å²) in [5, 5.41) is 21.1. The molecule has 1 amide bonds. The Morgan fingerprint density at radius 1 is 1.48 bits per heavy atom. The first kappa shape index (κ1) is 15.7. The lowest BCUT2D eigenvalue weighted by Gasteiger charge is -2.14. The van der Waals surface area contributed by atoms with Crippen LogP contribution in [0.1, 0.15) is 46.5 Å². The largest absolute Gasteiger partial charge is 0.456 e. The number of carbonyl (C=O) groups excluding carboxylic acids is 1. The smallest absolute Gasteiger partial charge is 0.287 e. The van der Waals surface area contributed by atoms with Gasteiger partial charge < -0.3 is 19.4 Å². The van der Waals surface area contributed by atoms with E-state index in [2.05, 4.69) is 15.5 Å². The maximum Gasteiger partial charge on any atom is 0.287 e. The number of aliphatic hydroxyl groups is 1. The van der Waals surface area contributed by atoms with E-state index < -0.39 is 6.10 Å². The quantitative estimate of drug-likeness (QED) is 0.886. The van der Waals surface area contributed by atoms with Crippen molar-refractivity contribution in [3.63, 3.8) is 0 Å². The molecule has 3 rings (SSSR count). The molecule has 0 aromatic carbocycles. The molecule has 7 heteroatoms. The average Bonchev–Trinajstić information content (AvgIpc) is 3.16. The first-order valence-electron chi connectivity index (χ1n) is 7.83. The highest BCUT2D eigenvalue weighted by atomic mass is 16.3. The third-order valence-corrected chi connectivity index (χ3v) is 4.54. The number of furan rings is 1. The lowest BCUT2D eigenvalue weighted by molar-refractivity contribution is 0.0888. The van der Waals surface area contributed by atoms with Gasteiger partial charge in [0, 0.05) is 31.0 Å². The van der Waals surface area contributed by atoms with Gasteiger partial charge in [-0.3, -0.25) is 4.79 Å². The fourth-order valence-corrected chi connectivity index (χ4v) is 3.37. The predicted octanol–water partition coefficient (Wildman–Crippen LogP) is 1.31. The fraction of sp³-hybridized carbons (Fsp3) is 0.562. The first-order valence-corrected chi connectivity index (χ1v) is 7.83. The van der Waals surface area contributed by atoms with Gasteiger partial charge in [-0.25, -0.2) is 0 Å². The van der Waals surface area contributed by atoms with Crippen molar-refractivity contribution in [2.45, 2.75) is 38.7 Å². The lowest BCUT2D eigenvalue weighted by atomic mass is 10.0. The molecule has 2 heterocycles. The van der Waals surface area contributed by atoms with Gasteiger partial charge in [0.15, 0.2) is 5.76 Å². The van der Waals surface area contributed by atoms with Crippen LogP contribution in [0.5, 0.6) is 0 Å². The minimum absolute atomic E-state index is 0.0111. The molecular weight excluding hydrogens is 296 g/mol. The third kappa shape index (κ3) is 3.14. The van der Waals surface area contributed by atoms with Crippen LogP contribution in [0.15, 0.2) is 16.8 Å². The lowest BCUT2D eigenvalue weighted by Crippen LogP contribution is -2.32. The molecule has 2 N–H and O–H groups in total. The monoisotopic (exact) mass is 318 g/mol. The second-order valence-electron chi connectivity index (χ2n) is 6.38. The molecule has 0 bridgehead atoms. The number of amides is 1. The summed E-state index contributed by atoms with van der Waals surface area (Å²) in [7, 11) is 1.90. The Morgan fingerprint density at radius 3 is 2.87 bits per heavy atom. The fourth-order valence-electron chi connectivity index (χ4n) is 3.37. The first-order chi connectivity index (χ1) is 11.0. The normalized spacial score (nSPS) is 24.1. The van der Waals surface area contributed by atoms with Crippen molar-refractivity contribution in [2.24, 2.45) is 13.0 Å². The molecule has 1 saturated carbocycles. The zero-order valence-electron chi connectivity index (χ0n) is 13.6. The van der Waals surface area contributed by atoms with E-state index in [9.17, 15) is 9.90 Å². The summed E-state index contributed by atoms with van der Waals surface area (Å²) in [5.74, 6) is 1.90. The molecule has 1 aliphatic rings. The topological polar surface area (TPSA) is 93.2 Å². The van der Waals surface area contributed by atoms with Crippen LogP contribution < -0.4 is 5.32 Å². The Hall–Kier alpha value is -2.15.